The van der Waals surface area contributed by atoms with Gasteiger partial charge in [0.2, 0.25) is 5.91 Å². The van der Waals surface area contributed by atoms with Crippen molar-refractivity contribution in [2.75, 3.05) is 10.0 Å². The number of aromatic nitrogens is 1. The van der Waals surface area contributed by atoms with E-state index in [1.807, 2.05) is 24.3 Å². The highest BCUT2D eigenvalue weighted by Gasteiger charge is 2.15. The Morgan fingerprint density at radius 3 is 2.33 bits per heavy atom. The Bertz CT molecular complexity index is 1430. The highest BCUT2D eigenvalue weighted by molar-refractivity contribution is 7.92. The molecule has 0 bridgehead atoms. The van der Waals surface area contributed by atoms with Gasteiger partial charge >= 0.3 is 0 Å². The number of carbonyl (C=O) groups is 1. The number of hydrogen-bond acceptors (Lipinski definition) is 4. The average Bonchev–Trinajstić information content (AvgIpc) is 2.78. The van der Waals surface area contributed by atoms with Crippen LogP contribution in [-0.2, 0) is 14.8 Å². The fourth-order valence-corrected chi connectivity index (χ4v) is 4.59. The van der Waals surface area contributed by atoms with Crippen molar-refractivity contribution in [1.29, 1.82) is 0 Å². The molecule has 0 aliphatic rings. The van der Waals surface area contributed by atoms with Crippen LogP contribution in [0.5, 0.6) is 0 Å². The Labute approximate surface area is 193 Å². The van der Waals surface area contributed by atoms with Crippen molar-refractivity contribution in [3.8, 4) is 11.3 Å². The molecule has 4 rings (SSSR count). The van der Waals surface area contributed by atoms with Crippen molar-refractivity contribution in [1.82, 2.24) is 4.98 Å². The number of nitrogens with one attached hydrogen (secondary N) is 2. The van der Waals surface area contributed by atoms with E-state index < -0.39 is 10.0 Å². The summed E-state index contributed by atoms with van der Waals surface area (Å²) in [7, 11) is -3.79. The van der Waals surface area contributed by atoms with Crippen LogP contribution in [0.15, 0.2) is 83.8 Å². The van der Waals surface area contributed by atoms with Gasteiger partial charge in [0.15, 0.2) is 0 Å². The van der Waals surface area contributed by atoms with Gasteiger partial charge in [0, 0.05) is 29.2 Å². The Morgan fingerprint density at radius 1 is 0.879 bits per heavy atom. The number of fused-ring (bicyclic) bond motifs is 1. The Balaban J connectivity index is 1.58. The predicted octanol–water partition coefficient (Wildman–Crippen LogP) is 5.78. The highest BCUT2D eigenvalue weighted by Crippen LogP contribution is 2.27. The molecule has 1 heterocycles. The number of anilines is 2. The van der Waals surface area contributed by atoms with E-state index in [2.05, 4.69) is 36.0 Å². The van der Waals surface area contributed by atoms with E-state index in [0.717, 1.165) is 22.2 Å². The summed E-state index contributed by atoms with van der Waals surface area (Å²) < 4.78 is 28.3. The number of hydrogen-bond donors (Lipinski definition) is 2. The summed E-state index contributed by atoms with van der Waals surface area (Å²) in [5.74, 6) is 0.226. The van der Waals surface area contributed by atoms with E-state index in [9.17, 15) is 13.2 Å². The molecule has 1 amide bonds. The molecular formula is C26H25N3O3S. The molecule has 0 aliphatic heterocycles. The summed E-state index contributed by atoms with van der Waals surface area (Å²) >= 11 is 0. The molecule has 7 heteroatoms. The van der Waals surface area contributed by atoms with E-state index in [1.165, 1.54) is 24.6 Å². The van der Waals surface area contributed by atoms with Gasteiger partial charge in [0.1, 0.15) is 0 Å². The average molecular weight is 460 g/mol. The van der Waals surface area contributed by atoms with Crippen LogP contribution >= 0.6 is 0 Å². The molecule has 168 valence electrons. The molecule has 6 nitrogen and oxygen atoms in total. The zero-order chi connectivity index (χ0) is 23.6. The quantitative estimate of drug-likeness (QED) is 0.382. The molecule has 0 aliphatic carbocycles. The summed E-state index contributed by atoms with van der Waals surface area (Å²) in [5, 5.41) is 3.69. The van der Waals surface area contributed by atoms with Crippen LogP contribution in [-0.4, -0.2) is 19.3 Å². The van der Waals surface area contributed by atoms with Crippen molar-refractivity contribution < 1.29 is 13.2 Å². The monoisotopic (exact) mass is 459 g/mol. The van der Waals surface area contributed by atoms with E-state index in [1.54, 1.807) is 30.3 Å². The lowest BCUT2D eigenvalue weighted by Crippen LogP contribution is -2.13. The summed E-state index contributed by atoms with van der Waals surface area (Å²) in [4.78, 5) is 16.0. The van der Waals surface area contributed by atoms with Gasteiger partial charge in [-0.1, -0.05) is 38.1 Å². The van der Waals surface area contributed by atoms with Gasteiger partial charge < -0.3 is 5.32 Å². The molecule has 0 fully saturated rings. The third-order valence-corrected chi connectivity index (χ3v) is 6.67. The number of nitrogens with zero attached hydrogens (tertiary/aromatic N) is 1. The second-order valence-corrected chi connectivity index (χ2v) is 9.88. The van der Waals surface area contributed by atoms with Crippen molar-refractivity contribution >= 4 is 38.2 Å². The van der Waals surface area contributed by atoms with Gasteiger partial charge in [-0.05, 0) is 66.1 Å². The van der Waals surface area contributed by atoms with E-state index >= 15 is 0 Å². The lowest BCUT2D eigenvalue weighted by molar-refractivity contribution is -0.114. The maximum absolute atomic E-state index is 12.8. The second kappa shape index (κ2) is 9.03. The zero-order valence-corrected chi connectivity index (χ0v) is 19.5. The standard InChI is InChI=1S/C26H25N3O3S/c1-17(2)19-7-13-26-21(15-19)8-14-25(28-26)20-5-4-6-23(16-20)29-33(31,32)24-11-9-22(10-12-24)27-18(3)30/h4-17,29H,1-3H3,(H,27,30). The molecule has 0 spiro atoms. The molecule has 0 saturated carbocycles. The molecule has 0 saturated heterocycles. The maximum atomic E-state index is 12.8. The van der Waals surface area contributed by atoms with Crippen molar-refractivity contribution in [2.24, 2.45) is 0 Å². The number of sulfonamides is 1. The third-order valence-electron chi connectivity index (χ3n) is 5.28. The largest absolute Gasteiger partial charge is 0.326 e. The summed E-state index contributed by atoms with van der Waals surface area (Å²) in [5.41, 5.74) is 4.70. The predicted molar refractivity (Wildman–Crippen MR) is 133 cm³/mol. The first-order valence-corrected chi connectivity index (χ1v) is 12.1. The normalized spacial score (nSPS) is 11.5. The van der Waals surface area contributed by atoms with E-state index in [-0.39, 0.29) is 10.8 Å². The molecule has 33 heavy (non-hydrogen) atoms. The van der Waals surface area contributed by atoms with Crippen molar-refractivity contribution in [3.05, 3.63) is 84.4 Å². The van der Waals surface area contributed by atoms with Crippen LogP contribution < -0.4 is 10.0 Å². The molecule has 3 aromatic carbocycles. The van der Waals surface area contributed by atoms with Gasteiger partial charge in [-0.25, -0.2) is 13.4 Å². The van der Waals surface area contributed by atoms with Gasteiger partial charge in [0.25, 0.3) is 10.0 Å². The fourth-order valence-electron chi connectivity index (χ4n) is 3.54. The fraction of sp³-hybridized carbons (Fsp3) is 0.154. The van der Waals surface area contributed by atoms with Crippen LogP contribution in [0.1, 0.15) is 32.3 Å². The van der Waals surface area contributed by atoms with Gasteiger partial charge in [0.05, 0.1) is 16.1 Å². The first kappa shape index (κ1) is 22.5. The number of pyridine rings is 1. The smallest absolute Gasteiger partial charge is 0.261 e. The Kier molecular flexibility index (Phi) is 6.16. The molecular weight excluding hydrogens is 434 g/mol. The maximum Gasteiger partial charge on any atom is 0.261 e. The SMILES string of the molecule is CC(=O)Nc1ccc(S(=O)(=O)Nc2cccc(-c3ccc4cc(C(C)C)ccc4n3)c2)cc1. The molecule has 0 unspecified atom stereocenters. The minimum atomic E-state index is -3.79. The zero-order valence-electron chi connectivity index (χ0n) is 18.7. The Morgan fingerprint density at radius 2 is 1.64 bits per heavy atom. The first-order chi connectivity index (χ1) is 15.7. The van der Waals surface area contributed by atoms with Crippen LogP contribution in [0.4, 0.5) is 11.4 Å². The van der Waals surface area contributed by atoms with Crippen LogP contribution in [0.3, 0.4) is 0 Å². The van der Waals surface area contributed by atoms with Gasteiger partial charge in [-0.2, -0.15) is 0 Å². The summed E-state index contributed by atoms with van der Waals surface area (Å²) in [6, 6.07) is 23.4. The van der Waals surface area contributed by atoms with Crippen LogP contribution in [0.25, 0.3) is 22.2 Å². The molecule has 0 atom stereocenters. The third kappa shape index (κ3) is 5.21. The Hall–Kier alpha value is -3.71. The van der Waals surface area contributed by atoms with Crippen molar-refractivity contribution in [3.63, 3.8) is 0 Å². The molecule has 4 aromatic rings. The molecule has 1 aromatic heterocycles. The van der Waals surface area contributed by atoms with Gasteiger partial charge in [-0.3, -0.25) is 9.52 Å². The van der Waals surface area contributed by atoms with E-state index in [0.29, 0.717) is 17.3 Å². The second-order valence-electron chi connectivity index (χ2n) is 8.20. The highest BCUT2D eigenvalue weighted by atomic mass is 32.2. The lowest BCUT2D eigenvalue weighted by atomic mass is 10.0. The molecule has 0 radical (unpaired) electrons. The number of benzene rings is 3. The van der Waals surface area contributed by atoms with Crippen LogP contribution in [0.2, 0.25) is 0 Å². The minimum Gasteiger partial charge on any atom is -0.326 e. The number of carbonyl (C=O) groups excluding carboxylic acids is 1. The number of rotatable bonds is 6. The number of amides is 1. The summed E-state index contributed by atoms with van der Waals surface area (Å²) in [6.45, 7) is 5.71. The first-order valence-electron chi connectivity index (χ1n) is 10.6. The minimum absolute atomic E-state index is 0.104. The van der Waals surface area contributed by atoms with E-state index in [4.69, 9.17) is 4.98 Å². The molecule has 2 N–H and O–H groups in total. The van der Waals surface area contributed by atoms with Gasteiger partial charge in [-0.15, -0.1) is 0 Å². The summed E-state index contributed by atoms with van der Waals surface area (Å²) in [6.07, 6.45) is 0. The van der Waals surface area contributed by atoms with Crippen molar-refractivity contribution in [2.45, 2.75) is 31.6 Å². The van der Waals surface area contributed by atoms with Crippen LogP contribution in [0, 0.1) is 0 Å². The lowest BCUT2D eigenvalue weighted by Gasteiger charge is -2.11. The topological polar surface area (TPSA) is 88.2 Å².